The van der Waals surface area contributed by atoms with Gasteiger partial charge in [0, 0.05) is 16.0 Å². The number of fused-ring (bicyclic) bond motifs is 4. The van der Waals surface area contributed by atoms with E-state index in [1.54, 1.807) is 37.3 Å². The zero-order chi connectivity index (χ0) is 36.2. The Hall–Kier alpha value is -4.01. The fourth-order valence-electron chi connectivity index (χ4n) is 7.80. The smallest absolute Gasteiger partial charge is 0.258 e. The Morgan fingerprint density at radius 3 is 2.10 bits per heavy atom. The summed E-state index contributed by atoms with van der Waals surface area (Å²) in [5, 5.41) is 11.4. The Kier molecular flexibility index (Phi) is 8.11. The number of halogens is 8. The Labute approximate surface area is 298 Å². The highest BCUT2D eigenvalue weighted by molar-refractivity contribution is 9.10. The van der Waals surface area contributed by atoms with Crippen LogP contribution in [0.15, 0.2) is 58.6 Å². The molecule has 1 saturated carbocycles. The summed E-state index contributed by atoms with van der Waals surface area (Å²) in [5.41, 5.74) is -1.58. The van der Waals surface area contributed by atoms with Crippen molar-refractivity contribution in [3.8, 4) is 11.5 Å². The summed E-state index contributed by atoms with van der Waals surface area (Å²) in [6.45, 7) is 1.70. The van der Waals surface area contributed by atoms with Crippen molar-refractivity contribution in [2.75, 3.05) is 16.4 Å². The molecule has 0 aromatic heterocycles. The summed E-state index contributed by atoms with van der Waals surface area (Å²) in [5.74, 6) is -22.4. The van der Waals surface area contributed by atoms with Crippen molar-refractivity contribution in [1.29, 1.82) is 0 Å². The maximum Gasteiger partial charge on any atom is 0.258 e. The molecule has 260 valence electrons. The molecular weight excluding hydrogens is 778 g/mol. The largest absolute Gasteiger partial charge is 0.504 e. The third kappa shape index (κ3) is 4.40. The number of rotatable bonds is 5. The van der Waals surface area contributed by atoms with Crippen LogP contribution in [0.1, 0.15) is 31.2 Å². The molecule has 50 heavy (non-hydrogen) atoms. The number of carbonyl (C=O) groups excluding carboxylic acids is 4. The normalized spacial score (nSPS) is 28.9. The van der Waals surface area contributed by atoms with E-state index in [9.17, 15) is 37.5 Å². The second kappa shape index (κ2) is 11.8. The van der Waals surface area contributed by atoms with Crippen LogP contribution in [-0.2, 0) is 19.2 Å². The molecular formula is C34H22BrCl2F5N2O6. The van der Waals surface area contributed by atoms with Gasteiger partial charge in [0.05, 0.1) is 24.1 Å². The number of hydrogen-bond acceptors (Lipinski definition) is 6. The van der Waals surface area contributed by atoms with Crippen molar-refractivity contribution in [2.24, 2.45) is 17.8 Å². The number of phenols is 1. The van der Waals surface area contributed by atoms with E-state index in [-0.39, 0.29) is 40.5 Å². The van der Waals surface area contributed by atoms with Crippen LogP contribution in [-0.4, -0.2) is 45.1 Å². The molecule has 0 radical (unpaired) electrons. The first kappa shape index (κ1) is 34.4. The summed E-state index contributed by atoms with van der Waals surface area (Å²) in [6, 6.07) is 10.5. The monoisotopic (exact) mass is 798 g/mol. The van der Waals surface area contributed by atoms with Crippen LogP contribution in [0.4, 0.5) is 33.3 Å². The number of hydrogen-bond donors (Lipinski definition) is 1. The highest BCUT2D eigenvalue weighted by Crippen LogP contribution is 2.67. The highest BCUT2D eigenvalue weighted by atomic mass is 79.9. The van der Waals surface area contributed by atoms with E-state index in [1.165, 1.54) is 18.2 Å². The van der Waals surface area contributed by atoms with Crippen molar-refractivity contribution in [3.63, 3.8) is 0 Å². The maximum absolute atomic E-state index is 15.2. The van der Waals surface area contributed by atoms with Gasteiger partial charge >= 0.3 is 0 Å². The predicted octanol–water partition coefficient (Wildman–Crippen LogP) is 7.02. The van der Waals surface area contributed by atoms with Crippen LogP contribution >= 0.6 is 39.1 Å². The van der Waals surface area contributed by atoms with Gasteiger partial charge in [0.1, 0.15) is 5.69 Å². The molecule has 4 amide bonds. The fourth-order valence-corrected chi connectivity index (χ4v) is 8.99. The average molecular weight is 800 g/mol. The highest BCUT2D eigenvalue weighted by Gasteiger charge is 2.77. The lowest BCUT2D eigenvalue weighted by atomic mass is 9.56. The van der Waals surface area contributed by atoms with E-state index in [4.69, 9.17) is 27.9 Å². The van der Waals surface area contributed by atoms with Gasteiger partial charge in [-0.15, -0.1) is 23.2 Å². The van der Waals surface area contributed by atoms with Crippen LogP contribution in [0, 0.1) is 46.8 Å². The van der Waals surface area contributed by atoms with Gasteiger partial charge in [-0.05, 0) is 56.0 Å². The molecule has 16 heteroatoms. The van der Waals surface area contributed by atoms with Gasteiger partial charge < -0.3 is 9.84 Å². The van der Waals surface area contributed by atoms with Crippen LogP contribution in [0.25, 0.3) is 0 Å². The first-order valence-electron chi connectivity index (χ1n) is 15.2. The molecule has 3 aromatic rings. The molecule has 2 aliphatic heterocycles. The topological polar surface area (TPSA) is 104 Å². The van der Waals surface area contributed by atoms with Crippen molar-refractivity contribution >= 4 is 74.1 Å². The van der Waals surface area contributed by atoms with Crippen molar-refractivity contribution in [2.45, 2.75) is 35.4 Å². The number of nitrogens with zero attached hydrogens (tertiary/aromatic N) is 2. The van der Waals surface area contributed by atoms with E-state index >= 15 is 8.78 Å². The number of imide groups is 2. The SMILES string of the molecule is CCOc1cccc([C@H]2C3=CC[C@@H]4C(=O)N(c5ccc(Br)cc5)C(=O)[C@@H]4[C@@H]3C[C@@]3(Cl)C(=O)N(c4c(F)c(F)c(F)c(F)c4F)C(=O)[C@@]23Cl)c1O. The molecule has 2 heterocycles. The van der Waals surface area contributed by atoms with Gasteiger partial charge in [0.2, 0.25) is 17.6 Å². The van der Waals surface area contributed by atoms with E-state index in [1.807, 2.05) is 0 Å². The number of phenolic OH excluding ortho intramolecular Hbond substituents is 1. The van der Waals surface area contributed by atoms with Crippen molar-refractivity contribution in [1.82, 2.24) is 0 Å². The maximum atomic E-state index is 15.2. The Morgan fingerprint density at radius 2 is 1.48 bits per heavy atom. The molecule has 3 fully saturated rings. The summed E-state index contributed by atoms with van der Waals surface area (Å²) in [4.78, 5) is 51.9. The number of carbonyl (C=O) groups is 4. The number of para-hydroxylation sites is 1. The number of benzene rings is 3. The average Bonchev–Trinajstić information content (AvgIpc) is 3.43. The number of amides is 4. The molecule has 0 spiro atoms. The molecule has 1 N–H and O–H groups in total. The number of anilines is 2. The van der Waals surface area contributed by atoms with Gasteiger partial charge in [-0.2, -0.15) is 0 Å². The molecule has 6 atom stereocenters. The summed E-state index contributed by atoms with van der Waals surface area (Å²) in [7, 11) is 0. The van der Waals surface area contributed by atoms with Gasteiger partial charge in [-0.25, -0.2) is 26.9 Å². The van der Waals surface area contributed by atoms with Gasteiger partial charge in [0.25, 0.3) is 11.8 Å². The zero-order valence-corrected chi connectivity index (χ0v) is 28.6. The predicted molar refractivity (Wildman–Crippen MR) is 172 cm³/mol. The summed E-state index contributed by atoms with van der Waals surface area (Å²) in [6.07, 6.45) is 0.818. The lowest BCUT2D eigenvalue weighted by molar-refractivity contribution is -0.125. The number of aromatic hydroxyl groups is 1. The number of alkyl halides is 2. The standard InChI is InChI=1S/C34H22BrCl2F5N2O6/c1-2-50-19-5-3-4-17(28(19)45)21-15-10-11-16-20(30(47)43(29(16)46)14-8-6-13(35)7-9-14)18(15)12-33(36)31(48)44(32(49)34(21,33)37)27-25(41)23(39)22(38)24(40)26(27)42/h3-10,16,18,20-21,45H,2,11-12H2,1H3/t16-,18+,20-,21+,33+,34-/m0/s1. The van der Waals surface area contributed by atoms with Crippen LogP contribution in [0.3, 0.4) is 0 Å². The molecule has 0 bridgehead atoms. The van der Waals surface area contributed by atoms with E-state index in [0.717, 1.165) is 4.90 Å². The molecule has 7 rings (SSSR count). The minimum absolute atomic E-state index is 0.0533. The second-order valence-electron chi connectivity index (χ2n) is 12.3. The quantitative estimate of drug-likeness (QED) is 0.0744. The lowest BCUT2D eigenvalue weighted by Gasteiger charge is -2.50. The van der Waals surface area contributed by atoms with Crippen LogP contribution in [0.5, 0.6) is 11.5 Å². The van der Waals surface area contributed by atoms with Crippen molar-refractivity contribution < 1.29 is 51.0 Å². The molecule has 3 aromatic carbocycles. The fraction of sp³-hybridized carbons (Fsp3) is 0.294. The summed E-state index contributed by atoms with van der Waals surface area (Å²) >= 11 is 17.6. The van der Waals surface area contributed by atoms with E-state index in [0.29, 0.717) is 4.47 Å². The van der Waals surface area contributed by atoms with E-state index < -0.39 is 104 Å². The third-order valence-electron chi connectivity index (χ3n) is 9.95. The van der Waals surface area contributed by atoms with Crippen molar-refractivity contribution in [3.05, 3.63) is 93.2 Å². The molecule has 8 nitrogen and oxygen atoms in total. The first-order valence-corrected chi connectivity index (χ1v) is 16.7. The van der Waals surface area contributed by atoms with Gasteiger partial charge in [-0.1, -0.05) is 39.7 Å². The third-order valence-corrected chi connectivity index (χ3v) is 11.9. The van der Waals surface area contributed by atoms with Gasteiger partial charge in [0.15, 0.2) is 44.5 Å². The Morgan fingerprint density at radius 1 is 0.860 bits per heavy atom. The number of allylic oxidation sites excluding steroid dienone is 2. The van der Waals surface area contributed by atoms with Crippen LogP contribution in [0.2, 0.25) is 0 Å². The molecule has 4 aliphatic rings. The second-order valence-corrected chi connectivity index (χ2v) is 14.5. The minimum atomic E-state index is -2.78. The van der Waals surface area contributed by atoms with E-state index in [2.05, 4.69) is 15.9 Å². The molecule has 2 saturated heterocycles. The number of ether oxygens (including phenoxy) is 1. The minimum Gasteiger partial charge on any atom is -0.504 e. The first-order chi connectivity index (χ1) is 23.6. The Bertz CT molecular complexity index is 2060. The lowest BCUT2D eigenvalue weighted by Crippen LogP contribution is -2.60. The van der Waals surface area contributed by atoms with Crippen LogP contribution < -0.4 is 14.5 Å². The molecule has 0 unspecified atom stereocenters. The Balaban J connectivity index is 1.45. The zero-order valence-electron chi connectivity index (χ0n) is 25.5. The van der Waals surface area contributed by atoms with Gasteiger partial charge in [-0.3, -0.25) is 24.1 Å². The molecule has 2 aliphatic carbocycles. The summed E-state index contributed by atoms with van der Waals surface area (Å²) < 4.78 is 79.6.